The van der Waals surface area contributed by atoms with Gasteiger partial charge in [0.25, 0.3) is 11.8 Å². The minimum Gasteiger partial charge on any atom is -0.353 e. The number of nitrogens with zero attached hydrogens (tertiary/aromatic N) is 2. The van der Waals surface area contributed by atoms with Crippen molar-refractivity contribution in [2.24, 2.45) is 23.7 Å². The Kier molecular flexibility index (Phi) is 30.3. The SMILES string of the molecule is CC[C@H](NC)C(=O)N[C@@H]1C(=O)N2C(C(=O)NC(C(=O)NCCCCC3CCC(CCCCNC(=O)C(NC(=O)[C@@H]4CC[C@@H]5CC[C@H](CCNCc6ccccc6)[C@H](NC(=O)[C@H](CC)NC)C(=O)N54)(c4ccccc4)c4ccccc4)CC3)(c3ccccc3)c3ccccc3)CC[C@@H]2CC[C@@H]1CCNCc1ccccc1. The molecule has 8 amide bonds. The molecule has 20 nitrogen and oxygen atoms in total. The lowest BCUT2D eigenvalue weighted by atomic mass is 9.78. The van der Waals surface area contributed by atoms with Gasteiger partial charge in [0.15, 0.2) is 11.1 Å². The van der Waals surface area contributed by atoms with Crippen molar-refractivity contribution >= 4 is 47.3 Å². The first-order valence-electron chi connectivity index (χ1n) is 41.2. The van der Waals surface area contributed by atoms with Gasteiger partial charge in [-0.05, 0) is 174 Å². The van der Waals surface area contributed by atoms with Crippen LogP contribution in [0.1, 0.15) is 188 Å². The Morgan fingerprint density at radius 2 is 0.709 bits per heavy atom. The van der Waals surface area contributed by atoms with Crippen LogP contribution in [-0.4, -0.2) is 146 Å². The van der Waals surface area contributed by atoms with Crippen LogP contribution in [0.4, 0.5) is 0 Å². The van der Waals surface area contributed by atoms with Crippen LogP contribution in [0.15, 0.2) is 182 Å². The molecule has 4 saturated heterocycles. The molecule has 10 N–H and O–H groups in total. The predicted molar refractivity (Wildman–Crippen MR) is 431 cm³/mol. The molecule has 0 spiro atoms. The van der Waals surface area contributed by atoms with Gasteiger partial charge in [0.1, 0.15) is 24.2 Å². The standard InChI is InChI=1S/C90H120N12O8/c1-5-75(91-3)81(103)97-79-67(55-59-93-61-65-31-13-7-14-32-65)47-49-73-51-53-77(101(73)85(79)107)83(105)99-89(69-35-17-9-18-36-69,70-37-19-10-20-38-70)87(109)95-57-27-25-29-63-43-45-64(46-44-63)30-26-28-58-96-88(110)90(71-39-21-11-22-40-71,72-41-23-12-24-42-72)100-84(106)78-54-52-74-50-48-68(56-60-94-62-66-33-15-8-16-34-66)80(86(108)102(74)78)98-82(104)76(6-2)92-4/h7-24,31-42,63-64,67-68,73-80,91-94H,5-6,25-30,43-62H2,1-4H3,(H,95,109)(H,96,110)(H,97,103)(H,98,104)(H,99,105)(H,100,106)/t63?,64?,67-,68-,73+,74+,75+,76+,77+,78?,79+,80+/m1/s1. The zero-order valence-electron chi connectivity index (χ0n) is 65.2. The quantitative estimate of drug-likeness (QED) is 0.0162. The molecule has 5 aliphatic rings. The summed E-state index contributed by atoms with van der Waals surface area (Å²) in [5.41, 5.74) is 1.46. The molecule has 20 heteroatoms. The van der Waals surface area contributed by atoms with Crippen molar-refractivity contribution in [2.45, 2.75) is 228 Å². The van der Waals surface area contributed by atoms with Crippen LogP contribution in [0.3, 0.4) is 0 Å². The monoisotopic (exact) mass is 1500 g/mol. The van der Waals surface area contributed by atoms with Crippen LogP contribution in [0.2, 0.25) is 0 Å². The van der Waals surface area contributed by atoms with E-state index in [0.29, 0.717) is 150 Å². The van der Waals surface area contributed by atoms with Gasteiger partial charge in [-0.3, -0.25) is 38.4 Å². The number of nitrogens with one attached hydrogen (secondary N) is 10. The summed E-state index contributed by atoms with van der Waals surface area (Å²) in [5, 5.41) is 32.8. The zero-order chi connectivity index (χ0) is 77.2. The Morgan fingerprint density at radius 1 is 0.391 bits per heavy atom. The van der Waals surface area contributed by atoms with Crippen molar-refractivity contribution in [3.63, 3.8) is 0 Å². The first-order chi connectivity index (χ1) is 53.7. The van der Waals surface area contributed by atoms with Gasteiger partial charge in [-0.2, -0.15) is 0 Å². The molecule has 6 aromatic rings. The van der Waals surface area contributed by atoms with Crippen LogP contribution in [0.5, 0.6) is 0 Å². The maximum absolute atomic E-state index is 15.4. The lowest BCUT2D eigenvalue weighted by Gasteiger charge is -2.38. The van der Waals surface area contributed by atoms with E-state index in [9.17, 15) is 9.59 Å². The van der Waals surface area contributed by atoms with E-state index in [1.807, 2.05) is 172 Å². The van der Waals surface area contributed by atoms with Crippen molar-refractivity contribution in [3.8, 4) is 0 Å². The lowest BCUT2D eigenvalue weighted by molar-refractivity contribution is -0.145. The highest BCUT2D eigenvalue weighted by Crippen LogP contribution is 2.41. The first kappa shape index (κ1) is 81.9. The Bertz CT molecular complexity index is 3570. The van der Waals surface area contributed by atoms with E-state index in [0.717, 1.165) is 75.3 Å². The number of fused-ring (bicyclic) bond motifs is 2. The van der Waals surface area contributed by atoms with Crippen molar-refractivity contribution in [3.05, 3.63) is 215 Å². The smallest absolute Gasteiger partial charge is 0.255 e. The van der Waals surface area contributed by atoms with E-state index in [2.05, 4.69) is 77.4 Å². The molecular formula is C90H120N12O8. The molecule has 11 rings (SSSR count). The molecule has 588 valence electrons. The molecule has 10 atom stereocenters. The molecule has 6 aromatic carbocycles. The topological polar surface area (TPSA) is 263 Å². The minimum atomic E-state index is -1.63. The average Bonchev–Trinajstić information content (AvgIpc) is 0.931. The number of amides is 8. The molecule has 0 aromatic heterocycles. The zero-order valence-corrected chi connectivity index (χ0v) is 65.2. The fourth-order valence-corrected chi connectivity index (χ4v) is 18.3. The fourth-order valence-electron chi connectivity index (χ4n) is 18.3. The maximum Gasteiger partial charge on any atom is 0.255 e. The number of rotatable bonds is 38. The number of benzene rings is 6. The van der Waals surface area contributed by atoms with Crippen LogP contribution >= 0.6 is 0 Å². The Balaban J connectivity index is 0.678. The summed E-state index contributed by atoms with van der Waals surface area (Å²) in [6, 6.07) is 53.1. The van der Waals surface area contributed by atoms with E-state index in [1.54, 1.807) is 23.9 Å². The third-order valence-corrected chi connectivity index (χ3v) is 24.6. The predicted octanol–water partition coefficient (Wildman–Crippen LogP) is 10.4. The van der Waals surface area contributed by atoms with E-state index in [1.165, 1.54) is 0 Å². The number of carbonyl (C=O) groups is 8. The number of unbranched alkanes of at least 4 members (excludes halogenated alkanes) is 2. The molecule has 1 saturated carbocycles. The number of hydrogen-bond acceptors (Lipinski definition) is 12. The first-order valence-corrected chi connectivity index (χ1v) is 41.2. The van der Waals surface area contributed by atoms with E-state index in [4.69, 9.17) is 0 Å². The minimum absolute atomic E-state index is 0.163. The molecule has 1 aliphatic carbocycles. The van der Waals surface area contributed by atoms with Gasteiger partial charge < -0.3 is 63.0 Å². The van der Waals surface area contributed by atoms with Crippen molar-refractivity contribution in [2.75, 3.05) is 40.3 Å². The van der Waals surface area contributed by atoms with Gasteiger partial charge in [0, 0.05) is 38.3 Å². The second kappa shape index (κ2) is 40.7. The molecule has 0 bridgehead atoms. The van der Waals surface area contributed by atoms with Crippen LogP contribution < -0.4 is 53.2 Å². The second-order valence-electron chi connectivity index (χ2n) is 31.4. The van der Waals surface area contributed by atoms with Crippen molar-refractivity contribution < 1.29 is 38.4 Å². The summed E-state index contributed by atoms with van der Waals surface area (Å²) in [7, 11) is 3.49. The Morgan fingerprint density at radius 3 is 1.03 bits per heavy atom. The van der Waals surface area contributed by atoms with Gasteiger partial charge in [-0.15, -0.1) is 0 Å². The van der Waals surface area contributed by atoms with E-state index < -0.39 is 59.1 Å². The molecule has 110 heavy (non-hydrogen) atoms. The van der Waals surface area contributed by atoms with E-state index in [-0.39, 0.29) is 59.4 Å². The van der Waals surface area contributed by atoms with Crippen LogP contribution in [-0.2, 0) is 62.5 Å². The summed E-state index contributed by atoms with van der Waals surface area (Å²) in [6.07, 6.45) is 17.3. The number of hydrogen-bond donors (Lipinski definition) is 10. The van der Waals surface area contributed by atoms with Crippen molar-refractivity contribution in [1.82, 2.24) is 63.0 Å². The summed E-state index contributed by atoms with van der Waals surface area (Å²) in [5.74, 6) is -1.72. The van der Waals surface area contributed by atoms with Crippen LogP contribution in [0.25, 0.3) is 0 Å². The second-order valence-corrected chi connectivity index (χ2v) is 31.4. The third-order valence-electron chi connectivity index (χ3n) is 24.6. The Hall–Kier alpha value is -9.08. The van der Waals surface area contributed by atoms with Gasteiger partial charge in [0.2, 0.25) is 35.4 Å². The highest BCUT2D eigenvalue weighted by Gasteiger charge is 2.53. The van der Waals surface area contributed by atoms with Gasteiger partial charge in [-0.25, -0.2) is 0 Å². The Labute approximate surface area is 652 Å². The molecule has 4 heterocycles. The lowest BCUT2D eigenvalue weighted by Crippen LogP contribution is -2.62. The van der Waals surface area contributed by atoms with E-state index >= 15 is 28.8 Å². The molecular weight excluding hydrogens is 1380 g/mol. The van der Waals surface area contributed by atoms with Crippen molar-refractivity contribution in [1.29, 1.82) is 0 Å². The molecule has 4 aliphatic heterocycles. The highest BCUT2D eigenvalue weighted by molar-refractivity contribution is 6.01. The summed E-state index contributed by atoms with van der Waals surface area (Å²) in [4.78, 5) is 123. The largest absolute Gasteiger partial charge is 0.353 e. The summed E-state index contributed by atoms with van der Waals surface area (Å²) >= 11 is 0. The fraction of sp³-hybridized carbons (Fsp3) is 0.511. The van der Waals surface area contributed by atoms with Gasteiger partial charge in [0.05, 0.1) is 12.1 Å². The average molecular weight is 1500 g/mol. The summed E-state index contributed by atoms with van der Waals surface area (Å²) < 4.78 is 0. The number of likely N-dealkylation sites (N-methyl/N-ethyl adjacent to an activating group) is 2. The molecule has 1 unspecified atom stereocenters. The normalized spacial score (nSPS) is 22.6. The number of carbonyl (C=O) groups excluding carboxylic acids is 8. The van der Waals surface area contributed by atoms with Gasteiger partial charge >= 0.3 is 0 Å². The maximum atomic E-state index is 15.4. The van der Waals surface area contributed by atoms with Crippen LogP contribution in [0, 0.1) is 23.7 Å². The highest BCUT2D eigenvalue weighted by atomic mass is 16.2. The van der Waals surface area contributed by atoms with Gasteiger partial charge in [-0.1, -0.05) is 247 Å². The molecule has 0 radical (unpaired) electrons. The molecule has 5 fully saturated rings. The third kappa shape index (κ3) is 20.2. The summed E-state index contributed by atoms with van der Waals surface area (Å²) in [6.45, 7) is 7.34.